The minimum atomic E-state index is -2.77. The SMILES string of the molecule is CC(NCC(O)C(F)F)c1ccc2c(c1)NC(=O)CO2. The second kappa shape index (κ2) is 6.15. The molecule has 1 aliphatic rings. The Morgan fingerprint density at radius 1 is 1.50 bits per heavy atom. The Morgan fingerprint density at radius 3 is 2.95 bits per heavy atom. The van der Waals surface area contributed by atoms with Gasteiger partial charge in [-0.25, -0.2) is 8.78 Å². The van der Waals surface area contributed by atoms with Gasteiger partial charge in [0.1, 0.15) is 11.9 Å². The number of rotatable bonds is 5. The van der Waals surface area contributed by atoms with Crippen LogP contribution in [0.5, 0.6) is 5.75 Å². The summed E-state index contributed by atoms with van der Waals surface area (Å²) in [6, 6.07) is 4.97. The molecule has 0 spiro atoms. The van der Waals surface area contributed by atoms with E-state index < -0.39 is 12.5 Å². The van der Waals surface area contributed by atoms with Gasteiger partial charge in [0, 0.05) is 12.6 Å². The lowest BCUT2D eigenvalue weighted by atomic mass is 10.1. The first-order valence-electron chi connectivity index (χ1n) is 6.23. The predicted molar refractivity (Wildman–Crippen MR) is 69.0 cm³/mol. The van der Waals surface area contributed by atoms with Crippen LogP contribution in [0.15, 0.2) is 18.2 Å². The molecule has 1 aromatic carbocycles. The van der Waals surface area contributed by atoms with Crippen molar-refractivity contribution in [3.05, 3.63) is 23.8 Å². The van der Waals surface area contributed by atoms with E-state index in [2.05, 4.69) is 10.6 Å². The van der Waals surface area contributed by atoms with Gasteiger partial charge in [-0.1, -0.05) is 6.07 Å². The Morgan fingerprint density at radius 2 is 2.25 bits per heavy atom. The Labute approximate surface area is 114 Å². The Hall–Kier alpha value is -1.73. The van der Waals surface area contributed by atoms with Crippen molar-refractivity contribution in [1.82, 2.24) is 5.32 Å². The van der Waals surface area contributed by atoms with Crippen molar-refractivity contribution < 1.29 is 23.4 Å². The largest absolute Gasteiger partial charge is 0.482 e. The number of carbonyl (C=O) groups excluding carboxylic acids is 1. The zero-order valence-corrected chi connectivity index (χ0v) is 10.9. The summed E-state index contributed by atoms with van der Waals surface area (Å²) in [6.45, 7) is 1.56. The van der Waals surface area contributed by atoms with Crippen molar-refractivity contribution in [2.75, 3.05) is 18.5 Å². The van der Waals surface area contributed by atoms with E-state index in [0.717, 1.165) is 5.56 Å². The molecular formula is C13H16F2N2O3. The molecule has 3 N–H and O–H groups in total. The highest BCUT2D eigenvalue weighted by molar-refractivity contribution is 5.95. The van der Waals surface area contributed by atoms with Gasteiger partial charge in [0.15, 0.2) is 6.61 Å². The Balaban J connectivity index is 2.02. The van der Waals surface area contributed by atoms with Crippen molar-refractivity contribution in [3.63, 3.8) is 0 Å². The average molecular weight is 286 g/mol. The van der Waals surface area contributed by atoms with Crippen LogP contribution in [0.1, 0.15) is 18.5 Å². The molecule has 20 heavy (non-hydrogen) atoms. The molecule has 1 heterocycles. The van der Waals surface area contributed by atoms with Crippen LogP contribution in [0, 0.1) is 0 Å². The first-order chi connectivity index (χ1) is 9.47. The van der Waals surface area contributed by atoms with Crippen molar-refractivity contribution in [3.8, 4) is 5.75 Å². The number of hydrogen-bond donors (Lipinski definition) is 3. The van der Waals surface area contributed by atoms with E-state index >= 15 is 0 Å². The molecule has 2 atom stereocenters. The number of aliphatic hydroxyl groups is 1. The second-order valence-electron chi connectivity index (χ2n) is 4.62. The smallest absolute Gasteiger partial charge is 0.265 e. The van der Waals surface area contributed by atoms with Gasteiger partial charge in [0.05, 0.1) is 5.69 Å². The average Bonchev–Trinajstić information content (AvgIpc) is 2.43. The van der Waals surface area contributed by atoms with Crippen LogP contribution in [0.2, 0.25) is 0 Å². The Bertz CT molecular complexity index is 497. The van der Waals surface area contributed by atoms with Crippen molar-refractivity contribution >= 4 is 11.6 Å². The molecule has 0 saturated heterocycles. The number of amides is 1. The fourth-order valence-electron chi connectivity index (χ4n) is 1.87. The molecule has 7 heteroatoms. The third-order valence-electron chi connectivity index (χ3n) is 3.06. The van der Waals surface area contributed by atoms with Crippen LogP contribution in [0.25, 0.3) is 0 Å². The molecule has 2 unspecified atom stereocenters. The molecule has 0 saturated carbocycles. The maximum atomic E-state index is 12.2. The summed E-state index contributed by atoms with van der Waals surface area (Å²) >= 11 is 0. The number of halogens is 2. The van der Waals surface area contributed by atoms with E-state index in [1.54, 1.807) is 25.1 Å². The van der Waals surface area contributed by atoms with Crippen molar-refractivity contribution in [2.45, 2.75) is 25.5 Å². The molecule has 2 rings (SSSR count). The first kappa shape index (κ1) is 14.7. The number of alkyl halides is 2. The second-order valence-corrected chi connectivity index (χ2v) is 4.62. The zero-order valence-electron chi connectivity index (χ0n) is 10.9. The van der Waals surface area contributed by atoms with E-state index in [9.17, 15) is 13.6 Å². The summed E-state index contributed by atoms with van der Waals surface area (Å²) < 4.78 is 29.6. The molecule has 5 nitrogen and oxygen atoms in total. The molecule has 0 bridgehead atoms. The van der Waals surface area contributed by atoms with Crippen LogP contribution < -0.4 is 15.4 Å². The number of hydrogen-bond acceptors (Lipinski definition) is 4. The quantitative estimate of drug-likeness (QED) is 0.763. The van der Waals surface area contributed by atoms with Gasteiger partial charge in [0.25, 0.3) is 12.3 Å². The normalized spacial score (nSPS) is 17.1. The van der Waals surface area contributed by atoms with Gasteiger partial charge in [-0.05, 0) is 24.6 Å². The number of nitrogens with one attached hydrogen (secondary N) is 2. The number of anilines is 1. The van der Waals surface area contributed by atoms with E-state index in [-0.39, 0.29) is 25.1 Å². The highest BCUT2D eigenvalue weighted by Gasteiger charge is 2.20. The van der Waals surface area contributed by atoms with Gasteiger partial charge in [-0.3, -0.25) is 4.79 Å². The van der Waals surface area contributed by atoms with Crippen LogP contribution in [-0.4, -0.2) is 36.7 Å². The van der Waals surface area contributed by atoms with Gasteiger partial charge in [-0.15, -0.1) is 0 Å². The molecule has 0 fully saturated rings. The summed E-state index contributed by atoms with van der Waals surface area (Å²) in [4.78, 5) is 11.2. The van der Waals surface area contributed by atoms with Gasteiger partial charge < -0.3 is 20.5 Å². The highest BCUT2D eigenvalue weighted by Crippen LogP contribution is 2.30. The number of aliphatic hydroxyl groups excluding tert-OH is 1. The number of carbonyl (C=O) groups is 1. The molecule has 0 radical (unpaired) electrons. The third kappa shape index (κ3) is 3.43. The van der Waals surface area contributed by atoms with E-state index in [0.29, 0.717) is 11.4 Å². The van der Waals surface area contributed by atoms with Gasteiger partial charge in [0.2, 0.25) is 0 Å². The van der Waals surface area contributed by atoms with Crippen LogP contribution >= 0.6 is 0 Å². The van der Waals surface area contributed by atoms with Crippen molar-refractivity contribution in [1.29, 1.82) is 0 Å². The molecule has 110 valence electrons. The predicted octanol–water partition coefficient (Wildman–Crippen LogP) is 1.29. The molecule has 0 aromatic heterocycles. The summed E-state index contributed by atoms with van der Waals surface area (Å²) in [5.74, 6) is 0.344. The Kier molecular flexibility index (Phi) is 4.51. The molecule has 1 aliphatic heterocycles. The highest BCUT2D eigenvalue weighted by atomic mass is 19.3. The summed E-state index contributed by atoms with van der Waals surface area (Å²) in [7, 11) is 0. The zero-order chi connectivity index (χ0) is 14.7. The number of benzene rings is 1. The monoisotopic (exact) mass is 286 g/mol. The van der Waals surface area contributed by atoms with Crippen LogP contribution in [0.3, 0.4) is 0 Å². The van der Waals surface area contributed by atoms with E-state index in [1.807, 2.05) is 0 Å². The van der Waals surface area contributed by atoms with Gasteiger partial charge >= 0.3 is 0 Å². The van der Waals surface area contributed by atoms with Gasteiger partial charge in [-0.2, -0.15) is 0 Å². The third-order valence-corrected chi connectivity index (χ3v) is 3.06. The van der Waals surface area contributed by atoms with E-state index in [1.165, 1.54) is 0 Å². The van der Waals surface area contributed by atoms with Crippen LogP contribution in [0.4, 0.5) is 14.5 Å². The molecule has 1 amide bonds. The van der Waals surface area contributed by atoms with Crippen molar-refractivity contribution in [2.24, 2.45) is 0 Å². The molecule has 0 aliphatic carbocycles. The summed E-state index contributed by atoms with van der Waals surface area (Å²) in [5.41, 5.74) is 1.36. The lowest BCUT2D eigenvalue weighted by Gasteiger charge is -2.21. The minimum Gasteiger partial charge on any atom is -0.482 e. The maximum Gasteiger partial charge on any atom is 0.265 e. The summed E-state index contributed by atoms with van der Waals surface area (Å²) in [6.07, 6.45) is -4.47. The molecule has 1 aromatic rings. The summed E-state index contributed by atoms with van der Waals surface area (Å²) in [5, 5.41) is 14.6. The standard InChI is InChI=1S/C13H16F2N2O3/c1-7(16-5-10(18)13(14)15)8-2-3-11-9(4-8)17-12(19)6-20-11/h2-4,7,10,13,16,18H,5-6H2,1H3,(H,17,19). The lowest BCUT2D eigenvalue weighted by molar-refractivity contribution is -0.118. The van der Waals surface area contributed by atoms with Crippen LogP contribution in [-0.2, 0) is 4.79 Å². The maximum absolute atomic E-state index is 12.2. The topological polar surface area (TPSA) is 70.6 Å². The lowest BCUT2D eigenvalue weighted by Crippen LogP contribution is -2.33. The number of ether oxygens (including phenoxy) is 1. The number of fused-ring (bicyclic) bond motifs is 1. The first-order valence-corrected chi connectivity index (χ1v) is 6.23. The fourth-order valence-corrected chi connectivity index (χ4v) is 1.87. The van der Waals surface area contributed by atoms with E-state index in [4.69, 9.17) is 9.84 Å². The fraction of sp³-hybridized carbons (Fsp3) is 0.462. The molecular weight excluding hydrogens is 270 g/mol. The minimum absolute atomic E-state index is 0.0132.